The highest BCUT2D eigenvalue weighted by Crippen LogP contribution is 2.24. The maximum atomic E-state index is 12.5. The van der Waals surface area contributed by atoms with Gasteiger partial charge in [0.15, 0.2) is 0 Å². The third-order valence-electron chi connectivity index (χ3n) is 3.91. The Morgan fingerprint density at radius 1 is 1.33 bits per heavy atom. The van der Waals surface area contributed by atoms with Crippen molar-refractivity contribution in [3.63, 3.8) is 0 Å². The third kappa shape index (κ3) is 3.94. The van der Waals surface area contributed by atoms with Crippen LogP contribution in [0.3, 0.4) is 0 Å². The van der Waals surface area contributed by atoms with Gasteiger partial charge in [-0.05, 0) is 5.56 Å². The number of halogens is 3. The van der Waals surface area contributed by atoms with Crippen molar-refractivity contribution in [3.8, 4) is 0 Å². The number of aromatic nitrogens is 2. The molecule has 1 aromatic heterocycles. The lowest BCUT2D eigenvalue weighted by Gasteiger charge is -2.22. The number of hydrogen-bond acceptors (Lipinski definition) is 3. The number of rotatable bonds is 5. The van der Waals surface area contributed by atoms with Crippen LogP contribution in [0.4, 0.5) is 13.2 Å². The molecule has 128 valence electrons. The van der Waals surface area contributed by atoms with Crippen molar-refractivity contribution >= 4 is 5.91 Å². The Balaban J connectivity index is 1.74. The van der Waals surface area contributed by atoms with Gasteiger partial charge in [0.1, 0.15) is 12.4 Å². The molecule has 1 aliphatic heterocycles. The predicted molar refractivity (Wildman–Crippen MR) is 81.0 cm³/mol. The first-order valence-electron chi connectivity index (χ1n) is 7.57. The molecular formula is C16H17F3N4O. The number of nitrogens with zero attached hydrogens (tertiary/aromatic N) is 2. The Hall–Kier alpha value is -2.35. The van der Waals surface area contributed by atoms with Crippen LogP contribution in [0.15, 0.2) is 42.7 Å². The number of carbonyl (C=O) groups excluding carboxylic acids is 1. The van der Waals surface area contributed by atoms with E-state index in [2.05, 4.69) is 15.3 Å². The molecule has 0 bridgehead atoms. The Kier molecular flexibility index (Phi) is 4.57. The van der Waals surface area contributed by atoms with Gasteiger partial charge in [0.05, 0.1) is 6.04 Å². The van der Waals surface area contributed by atoms with Gasteiger partial charge in [-0.1, -0.05) is 30.3 Å². The van der Waals surface area contributed by atoms with Crippen LogP contribution in [0.2, 0.25) is 0 Å². The quantitative estimate of drug-likeness (QED) is 0.879. The molecule has 2 N–H and O–H groups in total. The largest absolute Gasteiger partial charge is 0.406 e. The van der Waals surface area contributed by atoms with Crippen LogP contribution in [0.5, 0.6) is 0 Å². The number of amides is 1. The minimum Gasteiger partial charge on any atom is -0.347 e. The summed E-state index contributed by atoms with van der Waals surface area (Å²) in [6, 6.07) is 8.77. The first-order chi connectivity index (χ1) is 11.4. The molecule has 0 unspecified atom stereocenters. The zero-order valence-electron chi connectivity index (χ0n) is 12.8. The van der Waals surface area contributed by atoms with Crippen molar-refractivity contribution in [2.45, 2.75) is 24.7 Å². The van der Waals surface area contributed by atoms with Gasteiger partial charge in [-0.15, -0.1) is 0 Å². The normalized spacial score (nSPS) is 19.7. The lowest BCUT2D eigenvalue weighted by atomic mass is 10.0. The van der Waals surface area contributed by atoms with E-state index in [1.165, 1.54) is 0 Å². The van der Waals surface area contributed by atoms with E-state index in [1.807, 2.05) is 30.3 Å². The van der Waals surface area contributed by atoms with Crippen molar-refractivity contribution in [2.24, 2.45) is 0 Å². The molecule has 1 fully saturated rings. The Labute approximate surface area is 136 Å². The molecule has 1 saturated heterocycles. The molecule has 0 aliphatic carbocycles. The highest BCUT2D eigenvalue weighted by Gasteiger charge is 2.39. The molecule has 3 rings (SSSR count). The van der Waals surface area contributed by atoms with Crippen LogP contribution in [0, 0.1) is 0 Å². The molecule has 0 spiro atoms. The minimum atomic E-state index is -4.38. The average molecular weight is 338 g/mol. The fraction of sp³-hybridized carbons (Fsp3) is 0.375. The molecule has 1 aromatic carbocycles. The van der Waals surface area contributed by atoms with Gasteiger partial charge < -0.3 is 9.88 Å². The number of alkyl halides is 3. The summed E-state index contributed by atoms with van der Waals surface area (Å²) in [5.41, 5.74) is 0.925. The van der Waals surface area contributed by atoms with E-state index in [0.29, 0.717) is 5.82 Å². The number of H-pyrrole nitrogens is 1. The fourth-order valence-electron chi connectivity index (χ4n) is 2.90. The van der Waals surface area contributed by atoms with Gasteiger partial charge in [-0.25, -0.2) is 4.98 Å². The molecule has 0 radical (unpaired) electrons. The Morgan fingerprint density at radius 3 is 2.71 bits per heavy atom. The van der Waals surface area contributed by atoms with Crippen molar-refractivity contribution in [2.75, 3.05) is 13.1 Å². The maximum Gasteiger partial charge on any atom is 0.406 e. The predicted octanol–water partition coefficient (Wildman–Crippen LogP) is 2.25. The summed E-state index contributed by atoms with van der Waals surface area (Å²) in [6.07, 6.45) is -1.05. The van der Waals surface area contributed by atoms with E-state index in [-0.39, 0.29) is 25.0 Å². The first kappa shape index (κ1) is 16.5. The number of likely N-dealkylation sites (tertiary alicyclic amines) is 1. The summed E-state index contributed by atoms with van der Waals surface area (Å²) >= 11 is 0. The van der Waals surface area contributed by atoms with Crippen molar-refractivity contribution in [1.82, 2.24) is 20.2 Å². The van der Waals surface area contributed by atoms with Crippen molar-refractivity contribution in [1.29, 1.82) is 0 Å². The van der Waals surface area contributed by atoms with E-state index in [1.54, 1.807) is 12.4 Å². The topological polar surface area (TPSA) is 61.0 Å². The summed E-state index contributed by atoms with van der Waals surface area (Å²) in [5, 5.41) is 3.26. The smallest absolute Gasteiger partial charge is 0.347 e. The first-order valence-corrected chi connectivity index (χ1v) is 7.57. The molecule has 2 heterocycles. The van der Waals surface area contributed by atoms with E-state index in [9.17, 15) is 18.0 Å². The molecule has 8 heteroatoms. The van der Waals surface area contributed by atoms with Crippen LogP contribution < -0.4 is 5.32 Å². The van der Waals surface area contributed by atoms with Gasteiger partial charge in [-0.2, -0.15) is 13.2 Å². The van der Waals surface area contributed by atoms with Crippen LogP contribution in [0.1, 0.15) is 23.9 Å². The van der Waals surface area contributed by atoms with Crippen LogP contribution in [-0.4, -0.2) is 46.1 Å². The highest BCUT2D eigenvalue weighted by atomic mass is 19.4. The van der Waals surface area contributed by atoms with E-state index < -0.39 is 18.6 Å². The summed E-state index contributed by atoms with van der Waals surface area (Å²) in [5.74, 6) is 0.166. The summed E-state index contributed by atoms with van der Waals surface area (Å²) in [4.78, 5) is 19.9. The summed E-state index contributed by atoms with van der Waals surface area (Å²) in [7, 11) is 0. The van der Waals surface area contributed by atoms with Gasteiger partial charge in [-0.3, -0.25) is 10.1 Å². The molecule has 2 aromatic rings. The standard InChI is InChI=1S/C16H17F3N4O/c17-16(18,19)10-23-9-12(8-13(23)24)22-14(15-20-6-7-21-15)11-4-2-1-3-5-11/h1-7,12,14,22H,8-10H2,(H,20,21)/t12-,14-/m1/s1. The number of benzene rings is 1. The SMILES string of the molecule is O=C1C[C@@H](N[C@H](c2ccccc2)c2ncc[nH]2)CN1CC(F)(F)F. The number of nitrogens with one attached hydrogen (secondary N) is 2. The number of imidazole rings is 1. The van der Waals surface area contributed by atoms with E-state index >= 15 is 0 Å². The van der Waals surface area contributed by atoms with Crippen LogP contribution in [0.25, 0.3) is 0 Å². The molecule has 5 nitrogen and oxygen atoms in total. The molecule has 2 atom stereocenters. The van der Waals surface area contributed by atoms with Crippen molar-refractivity contribution < 1.29 is 18.0 Å². The lowest BCUT2D eigenvalue weighted by Crippen LogP contribution is -2.39. The zero-order valence-corrected chi connectivity index (χ0v) is 12.8. The highest BCUT2D eigenvalue weighted by molar-refractivity contribution is 5.79. The second kappa shape index (κ2) is 6.64. The number of hydrogen-bond donors (Lipinski definition) is 2. The number of aromatic amines is 1. The molecular weight excluding hydrogens is 321 g/mol. The Bertz CT molecular complexity index is 672. The van der Waals surface area contributed by atoms with Crippen LogP contribution in [-0.2, 0) is 4.79 Å². The maximum absolute atomic E-state index is 12.5. The monoisotopic (exact) mass is 338 g/mol. The van der Waals surface area contributed by atoms with Gasteiger partial charge in [0.2, 0.25) is 5.91 Å². The van der Waals surface area contributed by atoms with Gasteiger partial charge in [0.25, 0.3) is 0 Å². The second-order valence-corrected chi connectivity index (χ2v) is 5.78. The Morgan fingerprint density at radius 2 is 2.08 bits per heavy atom. The fourth-order valence-corrected chi connectivity index (χ4v) is 2.90. The summed E-state index contributed by atoms with van der Waals surface area (Å²) in [6.45, 7) is -1.18. The minimum absolute atomic E-state index is 0.0301. The molecule has 1 aliphatic rings. The van der Waals surface area contributed by atoms with E-state index in [0.717, 1.165) is 10.5 Å². The molecule has 24 heavy (non-hydrogen) atoms. The average Bonchev–Trinajstić information content (AvgIpc) is 3.15. The van der Waals surface area contributed by atoms with E-state index in [4.69, 9.17) is 0 Å². The van der Waals surface area contributed by atoms with Crippen molar-refractivity contribution in [3.05, 3.63) is 54.1 Å². The lowest BCUT2D eigenvalue weighted by molar-refractivity contribution is -0.157. The summed E-state index contributed by atoms with van der Waals surface area (Å²) < 4.78 is 37.6. The zero-order chi connectivity index (χ0) is 17.2. The third-order valence-corrected chi connectivity index (χ3v) is 3.91. The molecule has 1 amide bonds. The van der Waals surface area contributed by atoms with Crippen LogP contribution >= 0.6 is 0 Å². The second-order valence-electron chi connectivity index (χ2n) is 5.78. The molecule has 0 saturated carbocycles. The van der Waals surface area contributed by atoms with Gasteiger partial charge in [0, 0.05) is 31.4 Å². The number of carbonyl (C=O) groups is 1. The van der Waals surface area contributed by atoms with Gasteiger partial charge >= 0.3 is 6.18 Å².